The van der Waals surface area contributed by atoms with Crippen LogP contribution < -0.4 is 5.32 Å². The minimum Gasteiger partial charge on any atom is -0.508 e. The summed E-state index contributed by atoms with van der Waals surface area (Å²) in [7, 11) is 3.85. The average molecular weight is 249 g/mol. The molecule has 16 heavy (non-hydrogen) atoms. The number of phenolic OH excluding ortho intramolecular Hbond substituents is 1. The Labute approximate surface area is 102 Å². The predicted octanol–water partition coefficient (Wildman–Crippen LogP) is 1.60. The molecule has 0 unspecified atom stereocenters. The van der Waals surface area contributed by atoms with Gasteiger partial charge in [-0.05, 0) is 31.8 Å². The molecular weight excluding hydrogens is 231 g/mol. The van der Waals surface area contributed by atoms with Gasteiger partial charge in [0.1, 0.15) is 11.6 Å². The van der Waals surface area contributed by atoms with E-state index in [1.807, 2.05) is 14.1 Å². The molecule has 1 aromatic rings. The van der Waals surface area contributed by atoms with Crippen molar-refractivity contribution in [2.75, 3.05) is 27.2 Å². The molecule has 0 saturated heterocycles. The van der Waals surface area contributed by atoms with E-state index in [0.717, 1.165) is 24.7 Å². The van der Waals surface area contributed by atoms with Crippen molar-refractivity contribution in [1.82, 2.24) is 10.2 Å². The summed E-state index contributed by atoms with van der Waals surface area (Å²) in [6, 6.07) is 4.13. The quantitative estimate of drug-likeness (QED) is 0.831. The van der Waals surface area contributed by atoms with Gasteiger partial charge in [-0.3, -0.25) is 0 Å². The summed E-state index contributed by atoms with van der Waals surface area (Å²) in [6.07, 6.45) is 0. The van der Waals surface area contributed by atoms with Gasteiger partial charge in [0.15, 0.2) is 0 Å². The first kappa shape index (κ1) is 15.2. The van der Waals surface area contributed by atoms with Crippen LogP contribution in [0.5, 0.6) is 5.75 Å². The molecular formula is C11H18ClFN2O. The topological polar surface area (TPSA) is 35.5 Å². The van der Waals surface area contributed by atoms with E-state index in [9.17, 15) is 9.50 Å². The number of nitrogens with one attached hydrogen (secondary N) is 1. The van der Waals surface area contributed by atoms with Crippen molar-refractivity contribution in [3.05, 3.63) is 29.6 Å². The molecule has 92 valence electrons. The highest BCUT2D eigenvalue weighted by Gasteiger charge is 2.03. The summed E-state index contributed by atoms with van der Waals surface area (Å²) >= 11 is 0. The highest BCUT2D eigenvalue weighted by Crippen LogP contribution is 2.15. The first-order valence-electron chi connectivity index (χ1n) is 4.93. The van der Waals surface area contributed by atoms with Crippen LogP contribution in [0.15, 0.2) is 18.2 Å². The summed E-state index contributed by atoms with van der Waals surface area (Å²) < 4.78 is 12.9. The highest BCUT2D eigenvalue weighted by molar-refractivity contribution is 5.85. The number of aromatic hydroxyl groups is 1. The van der Waals surface area contributed by atoms with Gasteiger partial charge < -0.3 is 15.3 Å². The summed E-state index contributed by atoms with van der Waals surface area (Å²) in [5, 5.41) is 12.3. The van der Waals surface area contributed by atoms with Crippen molar-refractivity contribution in [2.45, 2.75) is 6.54 Å². The van der Waals surface area contributed by atoms with Crippen molar-refractivity contribution in [2.24, 2.45) is 0 Å². The standard InChI is InChI=1S/C11H17FN2O.ClH/c1-13-3-4-14(2)8-9-5-10(12)7-11(15)6-9;/h5-7,13,15H,3-4,8H2,1-2H3;1H. The van der Waals surface area contributed by atoms with Gasteiger partial charge in [0.25, 0.3) is 0 Å². The second kappa shape index (κ2) is 7.44. The molecule has 0 radical (unpaired) electrons. The van der Waals surface area contributed by atoms with E-state index in [1.165, 1.54) is 6.07 Å². The highest BCUT2D eigenvalue weighted by atomic mass is 35.5. The Morgan fingerprint density at radius 2 is 2.06 bits per heavy atom. The maximum atomic E-state index is 12.9. The van der Waals surface area contributed by atoms with Crippen LogP contribution in [-0.4, -0.2) is 37.2 Å². The van der Waals surface area contributed by atoms with E-state index in [2.05, 4.69) is 10.2 Å². The van der Waals surface area contributed by atoms with Crippen LogP contribution in [0.2, 0.25) is 0 Å². The molecule has 0 bridgehead atoms. The Balaban J connectivity index is 0.00000225. The molecule has 0 aromatic heterocycles. The molecule has 0 atom stereocenters. The number of nitrogens with zero attached hydrogens (tertiary/aromatic N) is 1. The maximum Gasteiger partial charge on any atom is 0.127 e. The largest absolute Gasteiger partial charge is 0.508 e. The number of hydrogen-bond acceptors (Lipinski definition) is 3. The third kappa shape index (κ3) is 5.30. The molecule has 0 heterocycles. The molecule has 5 heteroatoms. The van der Waals surface area contributed by atoms with Crippen LogP contribution in [0.25, 0.3) is 0 Å². The second-order valence-corrected chi connectivity index (χ2v) is 3.66. The van der Waals surface area contributed by atoms with E-state index in [4.69, 9.17) is 0 Å². The van der Waals surface area contributed by atoms with Crippen molar-refractivity contribution < 1.29 is 9.50 Å². The van der Waals surface area contributed by atoms with Crippen molar-refractivity contribution in [3.8, 4) is 5.75 Å². The molecule has 0 saturated carbocycles. The fourth-order valence-corrected chi connectivity index (χ4v) is 1.42. The smallest absolute Gasteiger partial charge is 0.127 e. The normalized spacial score (nSPS) is 10.2. The molecule has 1 rings (SSSR count). The fourth-order valence-electron chi connectivity index (χ4n) is 1.42. The molecule has 3 nitrogen and oxygen atoms in total. The summed E-state index contributed by atoms with van der Waals surface area (Å²) in [4.78, 5) is 2.06. The van der Waals surface area contributed by atoms with E-state index in [1.54, 1.807) is 6.07 Å². The second-order valence-electron chi connectivity index (χ2n) is 3.66. The monoisotopic (exact) mass is 248 g/mol. The van der Waals surface area contributed by atoms with Gasteiger partial charge in [-0.25, -0.2) is 4.39 Å². The zero-order valence-corrected chi connectivity index (χ0v) is 10.4. The molecule has 0 aliphatic carbocycles. The van der Waals surface area contributed by atoms with Crippen LogP contribution in [0.3, 0.4) is 0 Å². The lowest BCUT2D eigenvalue weighted by molar-refractivity contribution is 0.327. The third-order valence-electron chi connectivity index (χ3n) is 2.14. The van der Waals surface area contributed by atoms with Crippen molar-refractivity contribution in [1.29, 1.82) is 0 Å². The lowest BCUT2D eigenvalue weighted by atomic mass is 10.2. The maximum absolute atomic E-state index is 12.9. The summed E-state index contributed by atoms with van der Waals surface area (Å²) in [5.74, 6) is -0.418. The summed E-state index contributed by atoms with van der Waals surface area (Å²) in [6.45, 7) is 2.40. The molecule has 0 aliphatic rings. The Hall–Kier alpha value is -0.840. The van der Waals surface area contributed by atoms with Crippen LogP contribution in [0.1, 0.15) is 5.56 Å². The lowest BCUT2D eigenvalue weighted by Gasteiger charge is -2.16. The van der Waals surface area contributed by atoms with Gasteiger partial charge in [-0.15, -0.1) is 12.4 Å². The molecule has 0 aliphatic heterocycles. The van der Waals surface area contributed by atoms with Crippen LogP contribution in [0.4, 0.5) is 4.39 Å². The number of hydrogen-bond donors (Lipinski definition) is 2. The minimum atomic E-state index is -0.396. The number of halogens is 2. The zero-order chi connectivity index (χ0) is 11.3. The first-order valence-corrected chi connectivity index (χ1v) is 4.93. The average Bonchev–Trinajstić information content (AvgIpc) is 2.13. The number of rotatable bonds is 5. The lowest BCUT2D eigenvalue weighted by Crippen LogP contribution is -2.26. The van der Waals surface area contributed by atoms with E-state index < -0.39 is 5.82 Å². The minimum absolute atomic E-state index is 0. The first-order chi connectivity index (χ1) is 7.11. The zero-order valence-electron chi connectivity index (χ0n) is 9.53. The number of benzene rings is 1. The Morgan fingerprint density at radius 1 is 1.38 bits per heavy atom. The SMILES string of the molecule is CNCCN(C)Cc1cc(O)cc(F)c1.Cl. The van der Waals surface area contributed by atoms with Crippen LogP contribution >= 0.6 is 12.4 Å². The predicted molar refractivity (Wildman–Crippen MR) is 65.6 cm³/mol. The molecule has 2 N–H and O–H groups in total. The van der Waals surface area contributed by atoms with E-state index in [0.29, 0.717) is 6.54 Å². The Kier molecular flexibility index (Phi) is 7.05. The number of phenols is 1. The van der Waals surface area contributed by atoms with Gasteiger partial charge in [0.05, 0.1) is 0 Å². The van der Waals surface area contributed by atoms with Gasteiger partial charge in [-0.2, -0.15) is 0 Å². The van der Waals surface area contributed by atoms with E-state index >= 15 is 0 Å². The van der Waals surface area contributed by atoms with Crippen molar-refractivity contribution in [3.63, 3.8) is 0 Å². The molecule has 1 aromatic carbocycles. The molecule has 0 amide bonds. The number of likely N-dealkylation sites (N-methyl/N-ethyl adjacent to an activating group) is 2. The van der Waals surface area contributed by atoms with Crippen LogP contribution in [-0.2, 0) is 6.54 Å². The van der Waals surface area contributed by atoms with Gasteiger partial charge >= 0.3 is 0 Å². The fraction of sp³-hybridized carbons (Fsp3) is 0.455. The van der Waals surface area contributed by atoms with Crippen molar-refractivity contribution >= 4 is 12.4 Å². The Bertz CT molecular complexity index is 303. The Morgan fingerprint density at radius 3 is 2.62 bits per heavy atom. The van der Waals surface area contributed by atoms with Gasteiger partial charge in [0.2, 0.25) is 0 Å². The van der Waals surface area contributed by atoms with Gasteiger partial charge in [0, 0.05) is 25.7 Å². The molecule has 0 fully saturated rings. The third-order valence-corrected chi connectivity index (χ3v) is 2.14. The summed E-state index contributed by atoms with van der Waals surface area (Å²) in [5.41, 5.74) is 0.783. The van der Waals surface area contributed by atoms with E-state index in [-0.39, 0.29) is 18.2 Å². The molecule has 0 spiro atoms. The van der Waals surface area contributed by atoms with Gasteiger partial charge in [-0.1, -0.05) is 0 Å². The van der Waals surface area contributed by atoms with Crippen LogP contribution in [0, 0.1) is 5.82 Å².